The first-order valence-corrected chi connectivity index (χ1v) is 6.12. The van der Waals surface area contributed by atoms with Crippen molar-refractivity contribution in [3.63, 3.8) is 0 Å². The number of halogens is 3. The number of thiol groups is 1. The molecule has 0 aliphatic heterocycles. The van der Waals surface area contributed by atoms with Crippen molar-refractivity contribution in [2.45, 2.75) is 12.8 Å². The van der Waals surface area contributed by atoms with Crippen LogP contribution in [0.1, 0.15) is 12.0 Å². The van der Waals surface area contributed by atoms with Crippen LogP contribution in [0.3, 0.4) is 0 Å². The Balaban J connectivity index is 2.68. The van der Waals surface area contributed by atoms with Crippen LogP contribution >= 0.6 is 12.6 Å². The maximum atomic E-state index is 12.0. The third-order valence-electron chi connectivity index (χ3n) is 2.22. The van der Waals surface area contributed by atoms with E-state index in [2.05, 4.69) is 22.7 Å². The molecule has 3 nitrogen and oxygen atoms in total. The Bertz CT molecular complexity index is 418. The number of alkyl halides is 3. The van der Waals surface area contributed by atoms with E-state index in [-0.39, 0.29) is 5.75 Å². The van der Waals surface area contributed by atoms with E-state index in [1.54, 1.807) is 5.41 Å². The van der Waals surface area contributed by atoms with Crippen LogP contribution in [0.4, 0.5) is 13.2 Å². The summed E-state index contributed by atoms with van der Waals surface area (Å²) in [6.07, 6.45) is -3.89. The molecule has 1 aromatic carbocycles. The summed E-state index contributed by atoms with van der Waals surface area (Å²) in [6.45, 7) is 1.23. The van der Waals surface area contributed by atoms with Crippen LogP contribution in [-0.4, -0.2) is 19.5 Å². The molecule has 0 aromatic heterocycles. The summed E-state index contributed by atoms with van der Waals surface area (Å²) in [4.78, 5) is 0. The first kappa shape index (κ1) is 15.7. The number of benzene rings is 1. The van der Waals surface area contributed by atoms with E-state index in [1.807, 2.05) is 0 Å². The van der Waals surface area contributed by atoms with Crippen molar-refractivity contribution in [2.75, 3.05) is 13.1 Å². The van der Waals surface area contributed by atoms with Gasteiger partial charge in [0, 0.05) is 12.2 Å². The Kier molecular flexibility index (Phi) is 6.04. The molecule has 1 aromatic rings. The molecule has 3 N–H and O–H groups in total. The van der Waals surface area contributed by atoms with E-state index >= 15 is 0 Å². The van der Waals surface area contributed by atoms with Crippen LogP contribution in [0.5, 0.6) is 5.75 Å². The molecule has 0 saturated carbocycles. The second-order valence-electron chi connectivity index (χ2n) is 3.68. The average molecular weight is 292 g/mol. The molecule has 0 heterocycles. The second kappa shape index (κ2) is 7.30. The van der Waals surface area contributed by atoms with E-state index in [4.69, 9.17) is 5.73 Å². The lowest BCUT2D eigenvalue weighted by atomic mass is 10.1. The fourth-order valence-electron chi connectivity index (χ4n) is 1.38. The summed E-state index contributed by atoms with van der Waals surface area (Å²) in [5, 5.41) is 4.65. The summed E-state index contributed by atoms with van der Waals surface area (Å²) in [6, 6.07) is 5.56. The maximum absolute atomic E-state index is 12.0. The molecule has 0 atom stereocenters. The summed E-state index contributed by atoms with van der Waals surface area (Å²) in [5.41, 5.74) is 6.81. The van der Waals surface area contributed by atoms with Gasteiger partial charge in [-0.15, -0.1) is 25.8 Å². The minimum Gasteiger partial charge on any atom is -0.406 e. The van der Waals surface area contributed by atoms with Crippen molar-refractivity contribution in [1.29, 1.82) is 0 Å². The SMILES string of the molecule is NCCCN/C(=C\S)c1ccc(OC(F)(F)F)cc1. The number of ether oxygens (including phenoxy) is 1. The van der Waals surface area contributed by atoms with Crippen molar-refractivity contribution in [3.8, 4) is 5.75 Å². The molecule has 0 aliphatic carbocycles. The predicted molar refractivity (Wildman–Crippen MR) is 71.8 cm³/mol. The van der Waals surface area contributed by atoms with Crippen molar-refractivity contribution >= 4 is 18.3 Å². The van der Waals surface area contributed by atoms with Gasteiger partial charge in [-0.3, -0.25) is 0 Å². The molecule has 0 fully saturated rings. The fraction of sp³-hybridized carbons (Fsp3) is 0.333. The molecule has 0 spiro atoms. The molecule has 0 amide bonds. The van der Waals surface area contributed by atoms with Gasteiger partial charge >= 0.3 is 6.36 Å². The van der Waals surface area contributed by atoms with Crippen molar-refractivity contribution < 1.29 is 17.9 Å². The van der Waals surface area contributed by atoms with Gasteiger partial charge in [0.2, 0.25) is 0 Å². The third-order valence-corrected chi connectivity index (χ3v) is 2.48. The molecular weight excluding hydrogens is 277 g/mol. The van der Waals surface area contributed by atoms with E-state index in [0.717, 1.165) is 17.7 Å². The van der Waals surface area contributed by atoms with Gasteiger partial charge in [0.25, 0.3) is 0 Å². The molecule has 0 radical (unpaired) electrons. The normalized spacial score (nSPS) is 12.4. The van der Waals surface area contributed by atoms with E-state index in [9.17, 15) is 13.2 Å². The summed E-state index contributed by atoms with van der Waals surface area (Å²) in [5.74, 6) is -0.253. The Morgan fingerprint density at radius 1 is 1.32 bits per heavy atom. The zero-order chi connectivity index (χ0) is 14.3. The smallest absolute Gasteiger partial charge is 0.406 e. The van der Waals surface area contributed by atoms with Gasteiger partial charge in [-0.25, -0.2) is 0 Å². The van der Waals surface area contributed by atoms with Crippen molar-refractivity contribution in [1.82, 2.24) is 5.32 Å². The highest BCUT2D eigenvalue weighted by atomic mass is 32.1. The van der Waals surface area contributed by atoms with Gasteiger partial charge in [-0.1, -0.05) is 0 Å². The molecule has 0 unspecified atom stereocenters. The van der Waals surface area contributed by atoms with Gasteiger partial charge in [0.05, 0.1) is 0 Å². The van der Waals surface area contributed by atoms with Crippen LogP contribution in [-0.2, 0) is 0 Å². The highest BCUT2D eigenvalue weighted by Gasteiger charge is 2.30. The molecule has 0 aliphatic rings. The third kappa shape index (κ3) is 5.89. The minimum atomic E-state index is -4.68. The van der Waals surface area contributed by atoms with Gasteiger partial charge < -0.3 is 15.8 Å². The van der Waals surface area contributed by atoms with Crippen molar-refractivity contribution in [2.24, 2.45) is 5.73 Å². The lowest BCUT2D eigenvalue weighted by molar-refractivity contribution is -0.274. The molecule has 0 saturated heterocycles. The molecule has 19 heavy (non-hydrogen) atoms. The van der Waals surface area contributed by atoms with Gasteiger partial charge in [-0.05, 0) is 48.2 Å². The van der Waals surface area contributed by atoms with Crippen LogP contribution in [0.15, 0.2) is 29.7 Å². The molecule has 106 valence electrons. The predicted octanol–water partition coefficient (Wildman–Crippen LogP) is 2.75. The summed E-state index contributed by atoms with van der Waals surface area (Å²) < 4.78 is 39.8. The Morgan fingerprint density at radius 3 is 2.42 bits per heavy atom. The highest BCUT2D eigenvalue weighted by molar-refractivity contribution is 7.83. The lowest BCUT2D eigenvalue weighted by Gasteiger charge is -2.12. The zero-order valence-corrected chi connectivity index (χ0v) is 11.0. The molecule has 0 bridgehead atoms. The standard InChI is InChI=1S/C12H15F3N2OS/c13-12(14,15)18-10-4-2-9(3-5-10)11(8-19)17-7-1-6-16/h2-5,8,17,19H,1,6-7,16H2/b11-8-. The Morgan fingerprint density at radius 2 is 1.95 bits per heavy atom. The zero-order valence-electron chi connectivity index (χ0n) is 10.1. The number of nitrogens with one attached hydrogen (secondary N) is 1. The van der Waals surface area contributed by atoms with Crippen LogP contribution in [0.25, 0.3) is 5.70 Å². The molecule has 1 rings (SSSR count). The quantitative estimate of drug-likeness (QED) is 0.558. The topological polar surface area (TPSA) is 47.3 Å². The van der Waals surface area contributed by atoms with Crippen LogP contribution in [0, 0.1) is 0 Å². The number of hydrogen-bond acceptors (Lipinski definition) is 4. The largest absolute Gasteiger partial charge is 0.573 e. The van der Waals surface area contributed by atoms with E-state index in [1.165, 1.54) is 24.3 Å². The summed E-state index contributed by atoms with van der Waals surface area (Å²) >= 11 is 4.06. The van der Waals surface area contributed by atoms with Gasteiger partial charge in [0.1, 0.15) is 5.75 Å². The molecular formula is C12H15F3N2OS. The number of nitrogens with two attached hydrogens (primary N) is 1. The monoisotopic (exact) mass is 292 g/mol. The first-order chi connectivity index (χ1) is 8.96. The Hall–Kier alpha value is -1.34. The molecule has 7 heteroatoms. The average Bonchev–Trinajstić information content (AvgIpc) is 2.34. The van der Waals surface area contributed by atoms with Crippen LogP contribution < -0.4 is 15.8 Å². The lowest BCUT2D eigenvalue weighted by Crippen LogP contribution is -2.18. The van der Waals surface area contributed by atoms with Gasteiger partial charge in [-0.2, -0.15) is 0 Å². The maximum Gasteiger partial charge on any atom is 0.573 e. The minimum absolute atomic E-state index is 0.253. The van der Waals surface area contributed by atoms with E-state index < -0.39 is 6.36 Å². The first-order valence-electron chi connectivity index (χ1n) is 5.61. The number of rotatable bonds is 6. The van der Waals surface area contributed by atoms with Crippen LogP contribution in [0.2, 0.25) is 0 Å². The number of hydrogen-bond donors (Lipinski definition) is 3. The van der Waals surface area contributed by atoms with E-state index in [0.29, 0.717) is 13.1 Å². The second-order valence-corrected chi connectivity index (χ2v) is 3.94. The fourth-order valence-corrected chi connectivity index (χ4v) is 1.62. The summed E-state index contributed by atoms with van der Waals surface area (Å²) in [7, 11) is 0. The van der Waals surface area contributed by atoms with Gasteiger partial charge in [0.15, 0.2) is 0 Å². The highest BCUT2D eigenvalue weighted by Crippen LogP contribution is 2.24. The Labute approximate surface area is 115 Å². The van der Waals surface area contributed by atoms with Crippen molar-refractivity contribution in [3.05, 3.63) is 35.2 Å².